The number of carbonyl (C=O) groups is 3. The monoisotopic (exact) mass is 267 g/mol. The molecule has 1 aromatic rings. The molecule has 7 heteroatoms. The molecule has 0 radical (unpaired) electrons. The molecule has 102 valence electrons. The lowest BCUT2D eigenvalue weighted by Crippen LogP contribution is -2.47. The van der Waals surface area contributed by atoms with Crippen LogP contribution in [0.5, 0.6) is 0 Å². The van der Waals surface area contributed by atoms with Gasteiger partial charge in [-0.2, -0.15) is 5.06 Å². The van der Waals surface area contributed by atoms with E-state index in [9.17, 15) is 14.4 Å². The van der Waals surface area contributed by atoms with E-state index < -0.39 is 30.5 Å². The number of carbonyl (C=O) groups excluding carboxylic acids is 2. The molecule has 0 unspecified atom stereocenters. The Balaban J connectivity index is 2.88. The van der Waals surface area contributed by atoms with Crippen molar-refractivity contribution in [2.75, 3.05) is 6.61 Å². The van der Waals surface area contributed by atoms with Crippen LogP contribution in [0.15, 0.2) is 30.3 Å². The second-order valence-corrected chi connectivity index (χ2v) is 3.63. The second-order valence-electron chi connectivity index (χ2n) is 3.63. The maximum atomic E-state index is 11.7. The molecule has 1 aromatic carbocycles. The Morgan fingerprint density at radius 2 is 1.84 bits per heavy atom. The highest BCUT2D eigenvalue weighted by molar-refractivity contribution is 5.91. The number of carboxylic acids is 1. The molecule has 0 saturated heterocycles. The predicted molar refractivity (Wildman–Crippen MR) is 62.9 cm³/mol. The van der Waals surface area contributed by atoms with Gasteiger partial charge in [0.15, 0.2) is 6.04 Å². The number of aliphatic hydroxyl groups is 1. The van der Waals surface area contributed by atoms with Crippen molar-refractivity contribution < 1.29 is 29.4 Å². The van der Waals surface area contributed by atoms with E-state index in [1.165, 1.54) is 12.1 Å². The minimum Gasteiger partial charge on any atom is -0.480 e. The van der Waals surface area contributed by atoms with E-state index >= 15 is 0 Å². The molecule has 19 heavy (non-hydrogen) atoms. The molecule has 0 fully saturated rings. The normalized spacial score (nSPS) is 11.5. The van der Waals surface area contributed by atoms with Gasteiger partial charge in [-0.05, 0) is 12.1 Å². The first-order valence-corrected chi connectivity index (χ1v) is 5.38. The van der Waals surface area contributed by atoms with E-state index in [1.54, 1.807) is 18.2 Å². The van der Waals surface area contributed by atoms with Crippen LogP contribution in [-0.4, -0.2) is 45.8 Å². The molecule has 0 aliphatic carbocycles. The lowest BCUT2D eigenvalue weighted by Gasteiger charge is -2.24. The molecule has 0 aromatic heterocycles. The van der Waals surface area contributed by atoms with E-state index in [0.717, 1.165) is 6.92 Å². The van der Waals surface area contributed by atoms with Crippen molar-refractivity contribution in [3.05, 3.63) is 35.9 Å². The van der Waals surface area contributed by atoms with Crippen LogP contribution in [0.1, 0.15) is 17.3 Å². The lowest BCUT2D eigenvalue weighted by molar-refractivity contribution is -0.188. The van der Waals surface area contributed by atoms with Crippen LogP contribution in [0, 0.1) is 0 Å². The summed E-state index contributed by atoms with van der Waals surface area (Å²) in [6.45, 7) is 0.168. The number of amides is 1. The van der Waals surface area contributed by atoms with Crippen molar-refractivity contribution in [1.29, 1.82) is 0 Å². The molecule has 1 amide bonds. The third kappa shape index (κ3) is 3.78. The molecular weight excluding hydrogens is 254 g/mol. The second kappa shape index (κ2) is 6.50. The number of hydrogen-bond donors (Lipinski definition) is 2. The van der Waals surface area contributed by atoms with Crippen molar-refractivity contribution in [2.45, 2.75) is 13.0 Å². The summed E-state index contributed by atoms with van der Waals surface area (Å²) in [6, 6.07) is 6.15. The van der Waals surface area contributed by atoms with E-state index in [0.29, 0.717) is 5.06 Å². The molecule has 2 N–H and O–H groups in total. The van der Waals surface area contributed by atoms with Crippen molar-refractivity contribution >= 4 is 17.8 Å². The summed E-state index contributed by atoms with van der Waals surface area (Å²) < 4.78 is 0. The SMILES string of the molecule is CC(=O)N(OC(=O)c1ccccc1)[C@@H](CO)C(=O)O. The Morgan fingerprint density at radius 1 is 1.26 bits per heavy atom. The summed E-state index contributed by atoms with van der Waals surface area (Å²) in [4.78, 5) is 38.6. The highest BCUT2D eigenvalue weighted by atomic mass is 16.7. The van der Waals surface area contributed by atoms with Gasteiger partial charge in [0.25, 0.3) is 5.91 Å². The Kier molecular flexibility index (Phi) is 5.01. The molecule has 0 aliphatic heterocycles. The molecule has 0 aliphatic rings. The number of benzene rings is 1. The highest BCUT2D eigenvalue weighted by Gasteiger charge is 2.31. The van der Waals surface area contributed by atoms with Gasteiger partial charge in [-0.25, -0.2) is 9.59 Å². The smallest absolute Gasteiger partial charge is 0.363 e. The molecule has 0 saturated carbocycles. The minimum absolute atomic E-state index is 0.163. The van der Waals surface area contributed by atoms with E-state index in [2.05, 4.69) is 0 Å². The highest BCUT2D eigenvalue weighted by Crippen LogP contribution is 2.07. The van der Waals surface area contributed by atoms with Crippen molar-refractivity contribution in [1.82, 2.24) is 5.06 Å². The fourth-order valence-electron chi connectivity index (χ4n) is 1.32. The summed E-state index contributed by atoms with van der Waals surface area (Å²) >= 11 is 0. The average Bonchev–Trinajstić information content (AvgIpc) is 2.38. The number of carboxylic acid groups (broad SMARTS) is 1. The van der Waals surface area contributed by atoms with Gasteiger partial charge in [0, 0.05) is 6.92 Å². The van der Waals surface area contributed by atoms with Crippen molar-refractivity contribution in [3.63, 3.8) is 0 Å². The van der Waals surface area contributed by atoms with E-state index in [-0.39, 0.29) is 5.56 Å². The van der Waals surface area contributed by atoms with Gasteiger partial charge in [-0.1, -0.05) is 18.2 Å². The molecule has 7 nitrogen and oxygen atoms in total. The topological polar surface area (TPSA) is 104 Å². The number of nitrogens with zero attached hydrogens (tertiary/aromatic N) is 1. The molecular formula is C12H13NO6. The van der Waals surface area contributed by atoms with Gasteiger partial charge < -0.3 is 15.1 Å². The maximum absolute atomic E-state index is 11.7. The van der Waals surface area contributed by atoms with Crippen LogP contribution >= 0.6 is 0 Å². The number of rotatable bonds is 4. The first kappa shape index (κ1) is 14.7. The number of aliphatic carboxylic acids is 1. The summed E-state index contributed by atoms with van der Waals surface area (Å²) in [5, 5.41) is 18.1. The molecule has 1 atom stereocenters. The van der Waals surface area contributed by atoms with E-state index in [1.807, 2.05) is 0 Å². The van der Waals surface area contributed by atoms with Crippen LogP contribution in [-0.2, 0) is 14.4 Å². The van der Waals surface area contributed by atoms with E-state index in [4.69, 9.17) is 15.1 Å². The Hall–Kier alpha value is -2.41. The van der Waals surface area contributed by atoms with Crippen LogP contribution in [0.2, 0.25) is 0 Å². The number of hydroxylamine groups is 2. The standard InChI is InChI=1S/C12H13NO6/c1-8(15)13(10(7-14)11(16)17)19-12(18)9-5-3-2-4-6-9/h2-6,10,14H,7H2,1H3,(H,16,17)/t10-/m0/s1. The zero-order valence-corrected chi connectivity index (χ0v) is 10.1. The Labute approximate surface area is 109 Å². The van der Waals surface area contributed by atoms with Crippen LogP contribution in [0.25, 0.3) is 0 Å². The zero-order chi connectivity index (χ0) is 14.4. The lowest BCUT2D eigenvalue weighted by atomic mass is 10.2. The molecule has 0 bridgehead atoms. The van der Waals surface area contributed by atoms with Crippen molar-refractivity contribution in [3.8, 4) is 0 Å². The Bertz CT molecular complexity index is 472. The number of aliphatic hydroxyl groups excluding tert-OH is 1. The molecule has 1 rings (SSSR count). The third-order valence-corrected chi connectivity index (χ3v) is 2.24. The quantitative estimate of drug-likeness (QED) is 0.747. The van der Waals surface area contributed by atoms with Crippen LogP contribution in [0.3, 0.4) is 0 Å². The summed E-state index contributed by atoms with van der Waals surface area (Å²) in [7, 11) is 0. The maximum Gasteiger partial charge on any atom is 0.363 e. The van der Waals surface area contributed by atoms with Crippen LogP contribution in [0.4, 0.5) is 0 Å². The first-order valence-electron chi connectivity index (χ1n) is 5.38. The van der Waals surface area contributed by atoms with Gasteiger partial charge in [-0.3, -0.25) is 4.79 Å². The minimum atomic E-state index is -1.63. The largest absolute Gasteiger partial charge is 0.480 e. The number of hydrogen-bond acceptors (Lipinski definition) is 5. The Morgan fingerprint density at radius 3 is 2.26 bits per heavy atom. The van der Waals surface area contributed by atoms with Crippen molar-refractivity contribution in [2.24, 2.45) is 0 Å². The average molecular weight is 267 g/mol. The zero-order valence-electron chi connectivity index (χ0n) is 10.1. The molecule has 0 heterocycles. The van der Waals surface area contributed by atoms with Gasteiger partial charge in [-0.15, -0.1) is 0 Å². The van der Waals surface area contributed by atoms with Gasteiger partial charge in [0.1, 0.15) is 0 Å². The van der Waals surface area contributed by atoms with Gasteiger partial charge in [0.2, 0.25) is 0 Å². The van der Waals surface area contributed by atoms with Gasteiger partial charge >= 0.3 is 11.9 Å². The third-order valence-electron chi connectivity index (χ3n) is 2.24. The predicted octanol–water partition coefficient (Wildman–Crippen LogP) is 0.0524. The summed E-state index contributed by atoms with van der Waals surface area (Å²) in [5.74, 6) is -3.15. The fraction of sp³-hybridized carbons (Fsp3) is 0.250. The molecule has 0 spiro atoms. The first-order chi connectivity index (χ1) is 8.97. The van der Waals surface area contributed by atoms with Crippen LogP contribution < -0.4 is 0 Å². The summed E-state index contributed by atoms with van der Waals surface area (Å²) in [5.41, 5.74) is 0.163. The van der Waals surface area contributed by atoms with Gasteiger partial charge in [0.05, 0.1) is 12.2 Å². The summed E-state index contributed by atoms with van der Waals surface area (Å²) in [6.07, 6.45) is 0. The fourth-order valence-corrected chi connectivity index (χ4v) is 1.32.